The first-order chi connectivity index (χ1) is 6.58. The molecule has 3 N–H and O–H groups in total. The first-order valence-corrected chi connectivity index (χ1v) is 4.55. The quantitative estimate of drug-likeness (QED) is 0.754. The van der Waals surface area contributed by atoms with Crippen LogP contribution >= 0.6 is 0 Å². The number of nitrogens with one attached hydrogen (secondary N) is 1. The fourth-order valence-corrected chi connectivity index (χ4v) is 1.13. The fourth-order valence-electron chi connectivity index (χ4n) is 1.13. The number of hydrogen-bond donors (Lipinski definition) is 2. The molecule has 1 heterocycles. The Kier molecular flexibility index (Phi) is 3.59. The minimum absolute atomic E-state index is 0.0765. The Morgan fingerprint density at radius 2 is 2.36 bits per heavy atom. The van der Waals surface area contributed by atoms with E-state index in [-0.39, 0.29) is 11.9 Å². The van der Waals surface area contributed by atoms with Crippen molar-refractivity contribution in [2.24, 2.45) is 5.73 Å². The third kappa shape index (κ3) is 3.53. The molecule has 0 aliphatic rings. The van der Waals surface area contributed by atoms with E-state index in [4.69, 9.17) is 5.73 Å². The molecule has 1 rings (SSSR count). The highest BCUT2D eigenvalue weighted by Crippen LogP contribution is 2.07. The van der Waals surface area contributed by atoms with Gasteiger partial charge in [-0.3, -0.25) is 9.78 Å². The van der Waals surface area contributed by atoms with Gasteiger partial charge in [0.05, 0.1) is 11.9 Å². The zero-order chi connectivity index (χ0) is 10.6. The van der Waals surface area contributed by atoms with Crippen LogP contribution in [0.1, 0.15) is 18.9 Å². The molecule has 0 fully saturated rings. The Bertz CT molecular complexity index is 323. The van der Waals surface area contributed by atoms with Gasteiger partial charge < -0.3 is 11.1 Å². The third-order valence-corrected chi connectivity index (χ3v) is 1.67. The summed E-state index contributed by atoms with van der Waals surface area (Å²) < 4.78 is 0. The summed E-state index contributed by atoms with van der Waals surface area (Å²) in [6.45, 7) is 3.72. The van der Waals surface area contributed by atoms with Gasteiger partial charge >= 0.3 is 0 Å². The molecule has 0 aromatic carbocycles. The van der Waals surface area contributed by atoms with Crippen molar-refractivity contribution in [1.82, 2.24) is 4.98 Å². The van der Waals surface area contributed by atoms with Crippen molar-refractivity contribution in [3.8, 4) is 0 Å². The molecule has 1 atom stereocenters. The second-order valence-electron chi connectivity index (χ2n) is 3.48. The minimum atomic E-state index is -0.118. The van der Waals surface area contributed by atoms with Crippen LogP contribution < -0.4 is 11.1 Å². The van der Waals surface area contributed by atoms with Crippen LogP contribution in [0.3, 0.4) is 0 Å². The second kappa shape index (κ2) is 4.72. The highest BCUT2D eigenvalue weighted by molar-refractivity contribution is 5.90. The third-order valence-electron chi connectivity index (χ3n) is 1.67. The van der Waals surface area contributed by atoms with Gasteiger partial charge in [-0.1, -0.05) is 0 Å². The van der Waals surface area contributed by atoms with E-state index in [1.807, 2.05) is 13.0 Å². The van der Waals surface area contributed by atoms with Gasteiger partial charge in [-0.15, -0.1) is 0 Å². The van der Waals surface area contributed by atoms with Crippen molar-refractivity contribution in [1.29, 1.82) is 0 Å². The Morgan fingerprint density at radius 1 is 1.64 bits per heavy atom. The normalized spacial score (nSPS) is 12.2. The molecule has 14 heavy (non-hydrogen) atoms. The maximum Gasteiger partial charge on any atom is 0.225 e. The number of aryl methyl sites for hydroxylation is 1. The molecule has 0 spiro atoms. The van der Waals surface area contributed by atoms with Crippen molar-refractivity contribution in [3.05, 3.63) is 24.0 Å². The molecule has 0 aliphatic carbocycles. The molecule has 0 radical (unpaired) electrons. The number of hydrogen-bond acceptors (Lipinski definition) is 3. The maximum absolute atomic E-state index is 11.3. The molecular formula is C10H15N3O. The topological polar surface area (TPSA) is 68.0 Å². The van der Waals surface area contributed by atoms with Crippen LogP contribution in [-0.2, 0) is 4.79 Å². The van der Waals surface area contributed by atoms with Gasteiger partial charge in [-0.05, 0) is 25.5 Å². The van der Waals surface area contributed by atoms with Gasteiger partial charge in [0.15, 0.2) is 0 Å². The number of pyridine rings is 1. The van der Waals surface area contributed by atoms with E-state index in [0.717, 1.165) is 11.3 Å². The number of nitrogens with two attached hydrogens (primary N) is 1. The predicted octanol–water partition coefficient (Wildman–Crippen LogP) is 1.07. The zero-order valence-electron chi connectivity index (χ0n) is 8.45. The number of carbonyl (C=O) groups is 1. The number of rotatable bonds is 3. The molecule has 1 aromatic heterocycles. The Balaban J connectivity index is 2.56. The molecule has 4 heteroatoms. The first-order valence-electron chi connectivity index (χ1n) is 4.55. The van der Waals surface area contributed by atoms with Gasteiger partial charge in [-0.25, -0.2) is 0 Å². The van der Waals surface area contributed by atoms with Gasteiger partial charge in [-0.2, -0.15) is 0 Å². The average Bonchev–Trinajstić information content (AvgIpc) is 2.01. The van der Waals surface area contributed by atoms with Crippen molar-refractivity contribution in [2.45, 2.75) is 26.3 Å². The Morgan fingerprint density at radius 3 is 2.93 bits per heavy atom. The first kappa shape index (κ1) is 10.7. The second-order valence-corrected chi connectivity index (χ2v) is 3.48. The van der Waals surface area contributed by atoms with E-state index in [9.17, 15) is 4.79 Å². The van der Waals surface area contributed by atoms with E-state index < -0.39 is 0 Å². The smallest absolute Gasteiger partial charge is 0.225 e. The molecule has 1 aromatic rings. The van der Waals surface area contributed by atoms with Crippen molar-refractivity contribution in [2.75, 3.05) is 5.32 Å². The number of carbonyl (C=O) groups excluding carboxylic acids is 1. The molecule has 0 saturated heterocycles. The molecule has 0 saturated carbocycles. The number of amides is 1. The fraction of sp³-hybridized carbons (Fsp3) is 0.400. The van der Waals surface area contributed by atoms with Crippen LogP contribution in [0, 0.1) is 6.92 Å². The highest BCUT2D eigenvalue weighted by atomic mass is 16.1. The molecule has 1 unspecified atom stereocenters. The van der Waals surface area contributed by atoms with Crippen molar-refractivity contribution < 1.29 is 4.79 Å². The van der Waals surface area contributed by atoms with E-state index in [0.29, 0.717) is 6.42 Å². The van der Waals surface area contributed by atoms with Crippen LogP contribution in [0.15, 0.2) is 18.5 Å². The molecule has 1 amide bonds. The lowest BCUT2D eigenvalue weighted by molar-refractivity contribution is -0.116. The lowest BCUT2D eigenvalue weighted by Gasteiger charge is -2.06. The van der Waals surface area contributed by atoms with E-state index in [1.165, 1.54) is 0 Å². The number of nitrogens with zero attached hydrogens (tertiary/aromatic N) is 1. The summed E-state index contributed by atoms with van der Waals surface area (Å²) in [5.41, 5.74) is 7.24. The van der Waals surface area contributed by atoms with Crippen LogP contribution in [-0.4, -0.2) is 16.9 Å². The highest BCUT2D eigenvalue weighted by Gasteiger charge is 2.05. The predicted molar refractivity (Wildman–Crippen MR) is 55.9 cm³/mol. The Labute approximate surface area is 83.5 Å². The summed E-state index contributed by atoms with van der Waals surface area (Å²) in [5.74, 6) is -0.0765. The van der Waals surface area contributed by atoms with Crippen molar-refractivity contribution in [3.63, 3.8) is 0 Å². The lowest BCUT2D eigenvalue weighted by atomic mass is 10.2. The lowest BCUT2D eigenvalue weighted by Crippen LogP contribution is -2.24. The van der Waals surface area contributed by atoms with E-state index in [2.05, 4.69) is 10.3 Å². The van der Waals surface area contributed by atoms with Gasteiger partial charge in [0.25, 0.3) is 0 Å². The van der Waals surface area contributed by atoms with Gasteiger partial charge in [0, 0.05) is 18.7 Å². The average molecular weight is 193 g/mol. The number of anilines is 1. The zero-order valence-corrected chi connectivity index (χ0v) is 8.45. The molecule has 76 valence electrons. The standard InChI is InChI=1S/C10H15N3O/c1-7-3-9(6-12-5-7)13-10(14)4-8(2)11/h3,5-6,8H,4,11H2,1-2H3,(H,13,14). The molecule has 0 aliphatic heterocycles. The number of aromatic nitrogens is 1. The SMILES string of the molecule is Cc1cncc(NC(=O)CC(C)N)c1. The summed E-state index contributed by atoms with van der Waals surface area (Å²) in [4.78, 5) is 15.3. The summed E-state index contributed by atoms with van der Waals surface area (Å²) in [6, 6.07) is 1.75. The van der Waals surface area contributed by atoms with Crippen LogP contribution in [0.5, 0.6) is 0 Å². The Hall–Kier alpha value is -1.42. The molecular weight excluding hydrogens is 178 g/mol. The van der Waals surface area contributed by atoms with Gasteiger partial charge in [0.2, 0.25) is 5.91 Å². The molecule has 0 bridgehead atoms. The summed E-state index contributed by atoms with van der Waals surface area (Å²) in [6.07, 6.45) is 3.68. The monoisotopic (exact) mass is 193 g/mol. The van der Waals surface area contributed by atoms with Crippen LogP contribution in [0.2, 0.25) is 0 Å². The van der Waals surface area contributed by atoms with Crippen molar-refractivity contribution >= 4 is 11.6 Å². The van der Waals surface area contributed by atoms with Crippen LogP contribution in [0.4, 0.5) is 5.69 Å². The summed E-state index contributed by atoms with van der Waals surface area (Å²) in [5, 5.41) is 2.73. The largest absolute Gasteiger partial charge is 0.327 e. The van der Waals surface area contributed by atoms with Gasteiger partial charge in [0.1, 0.15) is 0 Å². The minimum Gasteiger partial charge on any atom is -0.327 e. The van der Waals surface area contributed by atoms with Crippen LogP contribution in [0.25, 0.3) is 0 Å². The van der Waals surface area contributed by atoms with E-state index in [1.54, 1.807) is 19.3 Å². The maximum atomic E-state index is 11.3. The summed E-state index contributed by atoms with van der Waals surface area (Å²) >= 11 is 0. The summed E-state index contributed by atoms with van der Waals surface area (Å²) in [7, 11) is 0. The molecule has 4 nitrogen and oxygen atoms in total. The van der Waals surface area contributed by atoms with E-state index >= 15 is 0 Å².